The molecule has 0 radical (unpaired) electrons. The van der Waals surface area contributed by atoms with Crippen LogP contribution < -0.4 is 11.1 Å². The monoisotopic (exact) mass is 534 g/mol. The molecule has 0 unspecified atom stereocenters. The molecule has 38 heavy (non-hydrogen) atoms. The fourth-order valence-electron chi connectivity index (χ4n) is 3.99. The second-order valence-corrected chi connectivity index (χ2v) is 8.40. The summed E-state index contributed by atoms with van der Waals surface area (Å²) in [6.07, 6.45) is -10.0. The van der Waals surface area contributed by atoms with Crippen molar-refractivity contribution in [1.29, 1.82) is 0 Å². The van der Waals surface area contributed by atoms with Gasteiger partial charge in [0.25, 0.3) is 5.89 Å². The van der Waals surface area contributed by atoms with Crippen molar-refractivity contribution >= 4 is 28.9 Å². The molecule has 5 rings (SSSR count). The Kier molecular flexibility index (Phi) is 6.58. The van der Waals surface area contributed by atoms with Gasteiger partial charge in [-0.3, -0.25) is 4.57 Å². The van der Waals surface area contributed by atoms with Crippen LogP contribution in [0.4, 0.5) is 24.9 Å². The second-order valence-electron chi connectivity index (χ2n) is 8.40. The number of anilines is 2. The standard InChI is InChI=1S/C22H21F3N8O5/c1-10-29-18(38-32-10)14-13(34)15(37-20(35)22(23,24)25)19(36-14)33-9-28-12-16(26)30-21(31-17(12)33)27-8-7-11-5-3-2-4-6-11/h2-6,9,13-15,19,34H,7-8H2,1H3,(H3,26,27,30,31)/t13-,14+,15-,19-/m1/s1. The van der Waals surface area contributed by atoms with Gasteiger partial charge in [0.05, 0.1) is 6.33 Å². The molecule has 4 aromatic rings. The van der Waals surface area contributed by atoms with Crippen LogP contribution in [0.1, 0.15) is 29.6 Å². The van der Waals surface area contributed by atoms with E-state index < -0.39 is 36.7 Å². The number of aryl methyl sites for hydroxylation is 1. The average molecular weight is 534 g/mol. The van der Waals surface area contributed by atoms with Gasteiger partial charge in [-0.05, 0) is 18.9 Å². The van der Waals surface area contributed by atoms with Crippen molar-refractivity contribution in [2.75, 3.05) is 17.6 Å². The van der Waals surface area contributed by atoms with Gasteiger partial charge >= 0.3 is 12.1 Å². The molecule has 0 amide bonds. The molecular formula is C22H21F3N8O5. The number of carbonyl (C=O) groups excluding carboxylic acids is 1. The zero-order valence-electron chi connectivity index (χ0n) is 19.7. The van der Waals surface area contributed by atoms with E-state index in [0.717, 1.165) is 5.56 Å². The smallest absolute Gasteiger partial charge is 0.448 e. The van der Waals surface area contributed by atoms with Crippen molar-refractivity contribution < 1.29 is 37.1 Å². The van der Waals surface area contributed by atoms with E-state index >= 15 is 0 Å². The molecule has 4 atom stereocenters. The Morgan fingerprint density at radius 3 is 2.68 bits per heavy atom. The highest BCUT2D eigenvalue weighted by Crippen LogP contribution is 2.42. The third kappa shape index (κ3) is 4.95. The van der Waals surface area contributed by atoms with E-state index in [4.69, 9.17) is 15.0 Å². The molecule has 0 aliphatic carbocycles. The summed E-state index contributed by atoms with van der Waals surface area (Å²) in [6.45, 7) is 1.95. The molecule has 0 saturated carbocycles. The van der Waals surface area contributed by atoms with Crippen molar-refractivity contribution in [2.24, 2.45) is 0 Å². The largest absolute Gasteiger partial charge is 0.490 e. The van der Waals surface area contributed by atoms with E-state index in [0.29, 0.717) is 13.0 Å². The number of hydrogen-bond acceptors (Lipinski definition) is 12. The Bertz CT molecular complexity index is 1440. The number of rotatable bonds is 7. The zero-order chi connectivity index (χ0) is 27.0. The Morgan fingerprint density at radius 1 is 1.24 bits per heavy atom. The molecule has 13 nitrogen and oxygen atoms in total. The molecule has 1 aliphatic rings. The highest BCUT2D eigenvalue weighted by molar-refractivity contribution is 5.83. The lowest BCUT2D eigenvalue weighted by Gasteiger charge is -2.22. The molecule has 1 saturated heterocycles. The van der Waals surface area contributed by atoms with Crippen LogP contribution in [0.25, 0.3) is 11.2 Å². The Morgan fingerprint density at radius 2 is 2.00 bits per heavy atom. The number of nitrogens with two attached hydrogens (primary N) is 1. The third-order valence-electron chi connectivity index (χ3n) is 5.74. The summed E-state index contributed by atoms with van der Waals surface area (Å²) in [5.74, 6) is -2.42. The number of halogens is 3. The fourth-order valence-corrected chi connectivity index (χ4v) is 3.99. The predicted molar refractivity (Wildman–Crippen MR) is 122 cm³/mol. The highest BCUT2D eigenvalue weighted by Gasteiger charge is 2.53. The lowest BCUT2D eigenvalue weighted by Crippen LogP contribution is -2.38. The number of nitrogen functional groups attached to an aromatic ring is 1. The Balaban J connectivity index is 1.46. The van der Waals surface area contributed by atoms with Crippen LogP contribution in [-0.4, -0.2) is 65.7 Å². The first kappa shape index (κ1) is 25.3. The van der Waals surface area contributed by atoms with Crippen molar-refractivity contribution in [2.45, 2.75) is 44.1 Å². The summed E-state index contributed by atoms with van der Waals surface area (Å²) in [5, 5.41) is 17.4. The minimum atomic E-state index is -5.32. The number of alkyl halides is 3. The summed E-state index contributed by atoms with van der Waals surface area (Å²) in [5.41, 5.74) is 7.30. The van der Waals surface area contributed by atoms with Gasteiger partial charge in [-0.25, -0.2) is 9.78 Å². The first-order valence-corrected chi connectivity index (χ1v) is 11.3. The molecule has 16 heteroatoms. The van der Waals surface area contributed by atoms with E-state index in [2.05, 4.69) is 35.1 Å². The van der Waals surface area contributed by atoms with Crippen molar-refractivity contribution in [1.82, 2.24) is 29.7 Å². The number of aliphatic hydroxyl groups excluding tert-OH is 1. The van der Waals surface area contributed by atoms with Crippen molar-refractivity contribution in [3.8, 4) is 0 Å². The number of aromatic nitrogens is 6. The number of carbonyl (C=O) groups is 1. The Labute approximate surface area is 211 Å². The molecule has 1 aliphatic heterocycles. The number of nitrogens with one attached hydrogen (secondary N) is 1. The van der Waals surface area contributed by atoms with E-state index in [1.807, 2.05) is 30.3 Å². The van der Waals surface area contributed by atoms with Crippen LogP contribution in [0.15, 0.2) is 41.2 Å². The predicted octanol–water partition coefficient (Wildman–Crippen LogP) is 1.86. The first-order chi connectivity index (χ1) is 18.1. The summed E-state index contributed by atoms with van der Waals surface area (Å²) in [4.78, 5) is 28.3. The molecule has 0 spiro atoms. The van der Waals surface area contributed by atoms with Gasteiger partial charge in [0.2, 0.25) is 5.95 Å². The van der Waals surface area contributed by atoms with E-state index in [-0.39, 0.29) is 34.6 Å². The highest BCUT2D eigenvalue weighted by atomic mass is 19.4. The average Bonchev–Trinajstić information content (AvgIpc) is 3.57. The van der Waals surface area contributed by atoms with Gasteiger partial charge in [0, 0.05) is 6.54 Å². The van der Waals surface area contributed by atoms with Gasteiger partial charge in [0.15, 0.2) is 35.7 Å². The number of esters is 1. The maximum absolute atomic E-state index is 13.0. The normalized spacial score (nSPS) is 21.6. The molecular weight excluding hydrogens is 513 g/mol. The van der Waals surface area contributed by atoms with Gasteiger partial charge in [-0.1, -0.05) is 35.5 Å². The number of aliphatic hydroxyl groups is 1. The SMILES string of the molecule is Cc1noc([C@H]2O[C@@H](n3cnc4c(N)nc(NCCc5ccccc5)nc43)[C@H](OC(=O)C(F)(F)F)[C@@H]2O)n1. The van der Waals surface area contributed by atoms with Gasteiger partial charge < -0.3 is 30.2 Å². The number of fused-ring (bicyclic) bond motifs is 1. The lowest BCUT2D eigenvalue weighted by atomic mass is 10.1. The minimum Gasteiger partial charge on any atom is -0.448 e. The summed E-state index contributed by atoms with van der Waals surface area (Å²) < 4.78 is 55.7. The summed E-state index contributed by atoms with van der Waals surface area (Å²) in [6, 6.07) is 9.65. The van der Waals surface area contributed by atoms with Crippen LogP contribution in [0, 0.1) is 6.92 Å². The molecule has 4 N–H and O–H groups in total. The van der Waals surface area contributed by atoms with Crippen molar-refractivity contribution in [3.63, 3.8) is 0 Å². The molecule has 200 valence electrons. The Hall–Kier alpha value is -4.31. The molecule has 4 heterocycles. The van der Waals surface area contributed by atoms with Crippen LogP contribution in [-0.2, 0) is 20.7 Å². The van der Waals surface area contributed by atoms with Crippen molar-refractivity contribution in [3.05, 3.63) is 53.9 Å². The molecule has 3 aromatic heterocycles. The quantitative estimate of drug-likeness (QED) is 0.294. The maximum atomic E-state index is 13.0. The van der Waals surface area contributed by atoms with Gasteiger partial charge in [-0.2, -0.15) is 28.1 Å². The second kappa shape index (κ2) is 9.86. The van der Waals surface area contributed by atoms with E-state index in [1.165, 1.54) is 17.8 Å². The number of benzene rings is 1. The van der Waals surface area contributed by atoms with Gasteiger partial charge in [-0.15, -0.1) is 0 Å². The third-order valence-corrected chi connectivity index (χ3v) is 5.74. The van der Waals surface area contributed by atoms with Crippen LogP contribution >= 0.6 is 0 Å². The number of imidazole rings is 1. The molecule has 1 aromatic carbocycles. The lowest BCUT2D eigenvalue weighted by molar-refractivity contribution is -0.211. The maximum Gasteiger partial charge on any atom is 0.490 e. The van der Waals surface area contributed by atoms with Crippen LogP contribution in [0.5, 0.6) is 0 Å². The number of ether oxygens (including phenoxy) is 2. The minimum absolute atomic E-state index is 0.0116. The summed E-state index contributed by atoms with van der Waals surface area (Å²) >= 11 is 0. The molecule has 0 bridgehead atoms. The molecule has 1 fully saturated rings. The van der Waals surface area contributed by atoms with Crippen LogP contribution in [0.2, 0.25) is 0 Å². The van der Waals surface area contributed by atoms with Gasteiger partial charge in [0.1, 0.15) is 11.6 Å². The number of hydrogen-bond donors (Lipinski definition) is 3. The first-order valence-electron chi connectivity index (χ1n) is 11.3. The van der Waals surface area contributed by atoms with Crippen LogP contribution in [0.3, 0.4) is 0 Å². The summed E-state index contributed by atoms with van der Waals surface area (Å²) in [7, 11) is 0. The van der Waals surface area contributed by atoms with E-state index in [1.54, 1.807) is 0 Å². The fraction of sp³-hybridized carbons (Fsp3) is 0.364. The number of nitrogens with zero attached hydrogens (tertiary/aromatic N) is 6. The zero-order valence-corrected chi connectivity index (χ0v) is 19.7. The topological polar surface area (TPSA) is 176 Å². The van der Waals surface area contributed by atoms with E-state index in [9.17, 15) is 23.1 Å².